The van der Waals surface area contributed by atoms with Crippen molar-refractivity contribution < 1.29 is 13.2 Å². The van der Waals surface area contributed by atoms with Crippen molar-refractivity contribution in [2.45, 2.75) is 19.5 Å². The molecule has 0 saturated heterocycles. The number of thiazole rings is 1. The van der Waals surface area contributed by atoms with Gasteiger partial charge < -0.3 is 11.1 Å². The molecule has 1 aromatic rings. The summed E-state index contributed by atoms with van der Waals surface area (Å²) in [6, 6.07) is -0.444. The maximum atomic E-state index is 11.7. The van der Waals surface area contributed by atoms with Crippen LogP contribution in [-0.4, -0.2) is 37.4 Å². The Balaban J connectivity index is 2.60. The summed E-state index contributed by atoms with van der Waals surface area (Å²) >= 11 is 1.30. The Kier molecular flexibility index (Phi) is 4.61. The summed E-state index contributed by atoms with van der Waals surface area (Å²) in [6.07, 6.45) is 1.13. The van der Waals surface area contributed by atoms with Crippen LogP contribution in [-0.2, 0) is 16.4 Å². The summed E-state index contributed by atoms with van der Waals surface area (Å²) < 4.78 is 22.1. The van der Waals surface area contributed by atoms with Crippen LogP contribution < -0.4 is 11.1 Å². The third-order valence-electron chi connectivity index (χ3n) is 1.89. The van der Waals surface area contributed by atoms with Gasteiger partial charge in [-0.3, -0.25) is 4.79 Å². The maximum Gasteiger partial charge on any atom is 0.270 e. The maximum absolute atomic E-state index is 11.7. The number of nitrogens with zero attached hydrogens (tertiary/aromatic N) is 1. The number of aromatic nitrogens is 1. The summed E-state index contributed by atoms with van der Waals surface area (Å²) in [5, 5.41) is 4.85. The van der Waals surface area contributed by atoms with Crippen molar-refractivity contribution in [2.75, 3.05) is 12.0 Å². The molecule has 0 aromatic carbocycles. The minimum Gasteiger partial charge on any atom is -0.347 e. The fourth-order valence-corrected chi connectivity index (χ4v) is 2.95. The molecular formula is C9H15N3O3S2. The number of carbonyl (C=O) groups excluding carboxylic acids is 1. The lowest BCUT2D eigenvalue weighted by molar-refractivity contribution is 0.0939. The molecule has 0 radical (unpaired) electrons. The van der Waals surface area contributed by atoms with Crippen molar-refractivity contribution in [1.82, 2.24) is 10.3 Å². The zero-order valence-electron chi connectivity index (χ0n) is 9.63. The van der Waals surface area contributed by atoms with Gasteiger partial charge in [0.25, 0.3) is 5.91 Å². The minimum atomic E-state index is -3.10. The molecule has 0 bridgehead atoms. The molecule has 0 aliphatic heterocycles. The number of carbonyl (C=O) groups is 1. The molecule has 0 fully saturated rings. The highest BCUT2D eigenvalue weighted by Gasteiger charge is 2.16. The first-order valence-corrected chi connectivity index (χ1v) is 7.89. The lowest BCUT2D eigenvalue weighted by Gasteiger charge is -2.11. The second kappa shape index (κ2) is 5.56. The summed E-state index contributed by atoms with van der Waals surface area (Å²) in [5.74, 6) is -0.468. The van der Waals surface area contributed by atoms with E-state index in [0.29, 0.717) is 5.01 Å². The van der Waals surface area contributed by atoms with Gasteiger partial charge in [-0.05, 0) is 6.92 Å². The third kappa shape index (κ3) is 4.80. The van der Waals surface area contributed by atoms with E-state index in [2.05, 4.69) is 10.3 Å². The lowest BCUT2D eigenvalue weighted by Crippen LogP contribution is -2.37. The van der Waals surface area contributed by atoms with Crippen LogP contribution in [0.3, 0.4) is 0 Å². The van der Waals surface area contributed by atoms with E-state index in [1.165, 1.54) is 11.3 Å². The first-order valence-electron chi connectivity index (χ1n) is 4.95. The van der Waals surface area contributed by atoms with E-state index in [4.69, 9.17) is 5.73 Å². The Morgan fingerprint density at radius 1 is 1.65 bits per heavy atom. The second-order valence-electron chi connectivity index (χ2n) is 3.80. The average molecular weight is 277 g/mol. The van der Waals surface area contributed by atoms with E-state index in [9.17, 15) is 13.2 Å². The smallest absolute Gasteiger partial charge is 0.270 e. The first kappa shape index (κ1) is 14.1. The largest absolute Gasteiger partial charge is 0.347 e. The van der Waals surface area contributed by atoms with Crippen molar-refractivity contribution in [3.63, 3.8) is 0 Å². The predicted molar refractivity (Wildman–Crippen MR) is 66.6 cm³/mol. The number of nitrogens with one attached hydrogen (secondary N) is 1. The Bertz CT molecular complexity index is 495. The van der Waals surface area contributed by atoms with Gasteiger partial charge in [0.05, 0.1) is 5.75 Å². The molecule has 1 unspecified atom stereocenters. The van der Waals surface area contributed by atoms with Crippen LogP contribution in [0.5, 0.6) is 0 Å². The fraction of sp³-hybridized carbons (Fsp3) is 0.556. The summed E-state index contributed by atoms with van der Waals surface area (Å²) in [4.78, 5) is 15.7. The van der Waals surface area contributed by atoms with E-state index >= 15 is 0 Å². The molecule has 17 heavy (non-hydrogen) atoms. The Morgan fingerprint density at radius 2 is 2.29 bits per heavy atom. The van der Waals surface area contributed by atoms with Gasteiger partial charge in [0.2, 0.25) is 0 Å². The Labute approximate surface area is 104 Å². The van der Waals surface area contributed by atoms with Crippen LogP contribution in [0.1, 0.15) is 22.4 Å². The van der Waals surface area contributed by atoms with Gasteiger partial charge in [0.1, 0.15) is 20.5 Å². The van der Waals surface area contributed by atoms with Gasteiger partial charge in [-0.15, -0.1) is 11.3 Å². The summed E-state index contributed by atoms with van der Waals surface area (Å²) in [7, 11) is -3.10. The normalized spacial score (nSPS) is 13.4. The van der Waals surface area contributed by atoms with Gasteiger partial charge >= 0.3 is 0 Å². The fourth-order valence-electron chi connectivity index (χ4n) is 1.30. The van der Waals surface area contributed by atoms with Crippen LogP contribution in [0.15, 0.2) is 5.38 Å². The zero-order chi connectivity index (χ0) is 13.1. The molecule has 1 heterocycles. The van der Waals surface area contributed by atoms with Crippen LogP contribution >= 0.6 is 11.3 Å². The van der Waals surface area contributed by atoms with E-state index < -0.39 is 15.9 Å². The van der Waals surface area contributed by atoms with Crippen molar-refractivity contribution >= 4 is 27.1 Å². The van der Waals surface area contributed by atoms with Crippen LogP contribution in [0.2, 0.25) is 0 Å². The molecule has 0 spiro atoms. The second-order valence-corrected chi connectivity index (χ2v) is 6.93. The van der Waals surface area contributed by atoms with Crippen molar-refractivity contribution in [3.8, 4) is 0 Å². The van der Waals surface area contributed by atoms with E-state index in [1.807, 2.05) is 0 Å². The molecule has 0 aliphatic rings. The van der Waals surface area contributed by atoms with Gasteiger partial charge in [0.15, 0.2) is 0 Å². The van der Waals surface area contributed by atoms with Crippen LogP contribution in [0.4, 0.5) is 0 Å². The highest BCUT2D eigenvalue weighted by Crippen LogP contribution is 2.08. The van der Waals surface area contributed by atoms with Gasteiger partial charge in [-0.25, -0.2) is 13.4 Å². The molecule has 96 valence electrons. The molecule has 0 saturated carbocycles. The lowest BCUT2D eigenvalue weighted by atomic mass is 10.3. The quantitative estimate of drug-likeness (QED) is 0.773. The molecule has 1 aromatic heterocycles. The van der Waals surface area contributed by atoms with Crippen molar-refractivity contribution in [1.29, 1.82) is 0 Å². The van der Waals surface area contributed by atoms with E-state index in [1.54, 1.807) is 12.3 Å². The number of nitrogens with two attached hydrogens (primary N) is 1. The average Bonchev–Trinajstić information content (AvgIpc) is 2.62. The number of sulfone groups is 1. The molecule has 8 heteroatoms. The standard InChI is InChI=1S/C9H15N3O3S2/c1-6(5-17(2,14)15)11-9(13)7-4-16-8(3-10)12-7/h4,6H,3,5,10H2,1-2H3,(H,11,13). The molecule has 3 N–H and O–H groups in total. The third-order valence-corrected chi connectivity index (χ3v) is 3.87. The van der Waals surface area contributed by atoms with Crippen molar-refractivity contribution in [2.24, 2.45) is 5.73 Å². The number of rotatable bonds is 5. The zero-order valence-corrected chi connectivity index (χ0v) is 11.3. The van der Waals surface area contributed by atoms with Gasteiger partial charge in [-0.2, -0.15) is 0 Å². The molecule has 1 rings (SSSR count). The molecular weight excluding hydrogens is 262 g/mol. The number of hydrogen-bond acceptors (Lipinski definition) is 6. The molecule has 0 aliphatic carbocycles. The molecule has 1 atom stereocenters. The highest BCUT2D eigenvalue weighted by molar-refractivity contribution is 7.90. The van der Waals surface area contributed by atoms with E-state index in [-0.39, 0.29) is 23.9 Å². The molecule has 6 nitrogen and oxygen atoms in total. The van der Waals surface area contributed by atoms with Gasteiger partial charge in [-0.1, -0.05) is 0 Å². The number of amides is 1. The Hall–Kier alpha value is -0.990. The molecule has 1 amide bonds. The SMILES string of the molecule is CC(CS(C)(=O)=O)NC(=O)c1csc(CN)n1. The van der Waals surface area contributed by atoms with E-state index in [0.717, 1.165) is 6.26 Å². The predicted octanol–water partition coefficient (Wildman–Crippen LogP) is -0.235. The topological polar surface area (TPSA) is 102 Å². The highest BCUT2D eigenvalue weighted by atomic mass is 32.2. The van der Waals surface area contributed by atoms with Crippen LogP contribution in [0, 0.1) is 0 Å². The monoisotopic (exact) mass is 277 g/mol. The number of hydrogen-bond donors (Lipinski definition) is 2. The van der Waals surface area contributed by atoms with Crippen molar-refractivity contribution in [3.05, 3.63) is 16.1 Å². The Morgan fingerprint density at radius 3 is 2.76 bits per heavy atom. The summed E-state index contributed by atoms with van der Waals surface area (Å²) in [6.45, 7) is 1.92. The minimum absolute atomic E-state index is 0.0907. The summed E-state index contributed by atoms with van der Waals surface area (Å²) in [5.41, 5.74) is 5.66. The first-order chi connectivity index (χ1) is 7.81. The van der Waals surface area contributed by atoms with Crippen LogP contribution in [0.25, 0.3) is 0 Å². The van der Waals surface area contributed by atoms with Gasteiger partial charge in [0, 0.05) is 24.2 Å².